The van der Waals surface area contributed by atoms with Gasteiger partial charge in [0.05, 0.1) is 12.2 Å². The van der Waals surface area contributed by atoms with Crippen LogP contribution in [0.3, 0.4) is 0 Å². The number of para-hydroxylation sites is 1. The molecule has 0 bridgehead atoms. The molecule has 1 rings (SSSR count). The molecule has 0 spiro atoms. The molecule has 0 saturated heterocycles. The molecular formula is C10H14N2O2. The van der Waals surface area contributed by atoms with Crippen molar-refractivity contribution in [2.45, 2.75) is 0 Å². The molecular weight excluding hydrogens is 180 g/mol. The van der Waals surface area contributed by atoms with Crippen LogP contribution in [0.4, 0.5) is 5.69 Å². The summed E-state index contributed by atoms with van der Waals surface area (Å²) >= 11 is 0. The van der Waals surface area contributed by atoms with Gasteiger partial charge in [-0.15, -0.1) is 0 Å². The number of aliphatic hydroxyl groups excluding tert-OH is 1. The van der Waals surface area contributed by atoms with Crippen molar-refractivity contribution in [2.75, 3.05) is 25.5 Å². The summed E-state index contributed by atoms with van der Waals surface area (Å²) in [5, 5.41) is 14.1. The SMILES string of the molecule is CNc1ccccc1C(=O)NCCO. The van der Waals surface area contributed by atoms with E-state index < -0.39 is 0 Å². The molecule has 0 atom stereocenters. The first-order valence-electron chi connectivity index (χ1n) is 4.45. The van der Waals surface area contributed by atoms with E-state index in [9.17, 15) is 4.79 Å². The van der Waals surface area contributed by atoms with Gasteiger partial charge in [0.1, 0.15) is 0 Å². The highest BCUT2D eigenvalue weighted by atomic mass is 16.3. The number of amides is 1. The number of carbonyl (C=O) groups excluding carboxylic acids is 1. The zero-order valence-corrected chi connectivity index (χ0v) is 8.08. The molecule has 0 heterocycles. The predicted molar refractivity (Wildman–Crippen MR) is 55.4 cm³/mol. The van der Waals surface area contributed by atoms with Gasteiger partial charge < -0.3 is 15.7 Å². The van der Waals surface area contributed by atoms with E-state index in [0.717, 1.165) is 5.69 Å². The van der Waals surface area contributed by atoms with Crippen molar-refractivity contribution in [2.24, 2.45) is 0 Å². The highest BCUT2D eigenvalue weighted by Gasteiger charge is 2.08. The molecule has 0 aliphatic heterocycles. The smallest absolute Gasteiger partial charge is 0.253 e. The van der Waals surface area contributed by atoms with Crippen molar-refractivity contribution in [1.82, 2.24) is 5.32 Å². The Balaban J connectivity index is 2.78. The molecule has 3 N–H and O–H groups in total. The normalized spacial score (nSPS) is 9.57. The molecule has 0 aliphatic rings. The molecule has 0 aliphatic carbocycles. The lowest BCUT2D eigenvalue weighted by Crippen LogP contribution is -2.26. The number of rotatable bonds is 4. The first kappa shape index (κ1) is 10.5. The van der Waals surface area contributed by atoms with Gasteiger partial charge in [0.2, 0.25) is 0 Å². The quantitative estimate of drug-likeness (QED) is 0.652. The van der Waals surface area contributed by atoms with Crippen LogP contribution >= 0.6 is 0 Å². The number of hydrogen-bond donors (Lipinski definition) is 3. The third-order valence-corrected chi connectivity index (χ3v) is 1.84. The van der Waals surface area contributed by atoms with E-state index in [0.29, 0.717) is 5.56 Å². The molecule has 0 unspecified atom stereocenters. The van der Waals surface area contributed by atoms with Gasteiger partial charge in [0.25, 0.3) is 5.91 Å². The number of nitrogens with one attached hydrogen (secondary N) is 2. The lowest BCUT2D eigenvalue weighted by Gasteiger charge is -2.08. The van der Waals surface area contributed by atoms with Crippen LogP contribution in [-0.2, 0) is 0 Å². The minimum absolute atomic E-state index is 0.0482. The maximum atomic E-state index is 11.5. The average molecular weight is 194 g/mol. The summed E-state index contributed by atoms with van der Waals surface area (Å²) < 4.78 is 0. The van der Waals surface area contributed by atoms with E-state index in [2.05, 4.69) is 10.6 Å². The standard InChI is InChI=1S/C10H14N2O2/c1-11-9-5-3-2-4-8(9)10(14)12-6-7-13/h2-5,11,13H,6-7H2,1H3,(H,12,14). The van der Waals surface area contributed by atoms with E-state index in [1.54, 1.807) is 19.2 Å². The maximum Gasteiger partial charge on any atom is 0.253 e. The fourth-order valence-electron chi connectivity index (χ4n) is 1.16. The van der Waals surface area contributed by atoms with E-state index >= 15 is 0 Å². The van der Waals surface area contributed by atoms with Crippen LogP contribution in [0.25, 0.3) is 0 Å². The minimum atomic E-state index is -0.177. The Bertz CT molecular complexity index is 313. The maximum absolute atomic E-state index is 11.5. The van der Waals surface area contributed by atoms with Crippen LogP contribution in [0.2, 0.25) is 0 Å². The fraction of sp³-hybridized carbons (Fsp3) is 0.300. The minimum Gasteiger partial charge on any atom is -0.395 e. The first-order valence-corrected chi connectivity index (χ1v) is 4.45. The molecule has 1 amide bonds. The fourth-order valence-corrected chi connectivity index (χ4v) is 1.16. The number of benzene rings is 1. The van der Waals surface area contributed by atoms with Gasteiger partial charge in [-0.05, 0) is 12.1 Å². The lowest BCUT2D eigenvalue weighted by atomic mass is 10.1. The van der Waals surface area contributed by atoms with Crippen LogP contribution in [0.5, 0.6) is 0 Å². The van der Waals surface area contributed by atoms with Crippen molar-refractivity contribution in [3.8, 4) is 0 Å². The third-order valence-electron chi connectivity index (χ3n) is 1.84. The summed E-state index contributed by atoms with van der Waals surface area (Å²) in [5.74, 6) is -0.177. The van der Waals surface area contributed by atoms with Crippen molar-refractivity contribution in [3.05, 3.63) is 29.8 Å². The Labute approximate surface area is 82.9 Å². The van der Waals surface area contributed by atoms with E-state index in [4.69, 9.17) is 5.11 Å². The van der Waals surface area contributed by atoms with Gasteiger partial charge in [0, 0.05) is 19.3 Å². The van der Waals surface area contributed by atoms with E-state index in [1.165, 1.54) is 0 Å². The molecule has 0 aromatic heterocycles. The van der Waals surface area contributed by atoms with Crippen LogP contribution < -0.4 is 10.6 Å². The molecule has 0 saturated carbocycles. The van der Waals surface area contributed by atoms with Crippen LogP contribution in [0.1, 0.15) is 10.4 Å². The first-order chi connectivity index (χ1) is 6.79. The van der Waals surface area contributed by atoms with Crippen LogP contribution in [0.15, 0.2) is 24.3 Å². The average Bonchev–Trinajstić information content (AvgIpc) is 2.25. The van der Waals surface area contributed by atoms with Gasteiger partial charge in [-0.2, -0.15) is 0 Å². The predicted octanol–water partition coefficient (Wildman–Crippen LogP) is 0.450. The molecule has 4 nitrogen and oxygen atoms in total. The number of anilines is 1. The Morgan fingerprint density at radius 1 is 1.43 bits per heavy atom. The van der Waals surface area contributed by atoms with E-state index in [-0.39, 0.29) is 19.1 Å². The Kier molecular flexibility index (Phi) is 3.94. The summed E-state index contributed by atoms with van der Waals surface area (Å²) in [5.41, 5.74) is 1.37. The molecule has 4 heteroatoms. The lowest BCUT2D eigenvalue weighted by molar-refractivity contribution is 0.0945. The Morgan fingerprint density at radius 3 is 2.79 bits per heavy atom. The second kappa shape index (κ2) is 5.24. The van der Waals surface area contributed by atoms with Gasteiger partial charge >= 0.3 is 0 Å². The molecule has 0 radical (unpaired) electrons. The van der Waals surface area contributed by atoms with Crippen LogP contribution in [-0.4, -0.2) is 31.2 Å². The monoisotopic (exact) mass is 194 g/mol. The second-order valence-electron chi connectivity index (χ2n) is 2.78. The van der Waals surface area contributed by atoms with Crippen molar-refractivity contribution in [1.29, 1.82) is 0 Å². The van der Waals surface area contributed by atoms with Crippen molar-refractivity contribution in [3.63, 3.8) is 0 Å². The van der Waals surface area contributed by atoms with Crippen molar-refractivity contribution >= 4 is 11.6 Å². The number of carbonyl (C=O) groups is 1. The Morgan fingerprint density at radius 2 is 2.14 bits per heavy atom. The highest BCUT2D eigenvalue weighted by molar-refractivity contribution is 5.99. The van der Waals surface area contributed by atoms with Gasteiger partial charge in [-0.25, -0.2) is 0 Å². The molecule has 0 fully saturated rings. The second-order valence-corrected chi connectivity index (χ2v) is 2.78. The summed E-state index contributed by atoms with van der Waals surface area (Å²) in [6.45, 7) is 0.227. The Hall–Kier alpha value is -1.55. The van der Waals surface area contributed by atoms with Gasteiger partial charge in [-0.1, -0.05) is 12.1 Å². The van der Waals surface area contributed by atoms with Crippen molar-refractivity contribution < 1.29 is 9.90 Å². The number of aliphatic hydroxyl groups is 1. The summed E-state index contributed by atoms with van der Waals surface area (Å²) in [6.07, 6.45) is 0. The highest BCUT2D eigenvalue weighted by Crippen LogP contribution is 2.13. The summed E-state index contributed by atoms with van der Waals surface area (Å²) in [7, 11) is 1.76. The summed E-state index contributed by atoms with van der Waals surface area (Å²) in [6, 6.07) is 7.22. The molecule has 1 aromatic carbocycles. The molecule has 14 heavy (non-hydrogen) atoms. The summed E-state index contributed by atoms with van der Waals surface area (Å²) in [4.78, 5) is 11.5. The molecule has 76 valence electrons. The largest absolute Gasteiger partial charge is 0.395 e. The van der Waals surface area contributed by atoms with Gasteiger partial charge in [0.15, 0.2) is 0 Å². The number of hydrogen-bond acceptors (Lipinski definition) is 3. The topological polar surface area (TPSA) is 61.4 Å². The van der Waals surface area contributed by atoms with Crippen LogP contribution in [0, 0.1) is 0 Å². The van der Waals surface area contributed by atoms with E-state index in [1.807, 2.05) is 12.1 Å². The third kappa shape index (κ3) is 2.47. The van der Waals surface area contributed by atoms with Gasteiger partial charge in [-0.3, -0.25) is 4.79 Å². The zero-order valence-electron chi connectivity index (χ0n) is 8.08. The zero-order chi connectivity index (χ0) is 10.4. The molecule has 1 aromatic rings.